The second kappa shape index (κ2) is 6.77. The molecule has 0 radical (unpaired) electrons. The first-order chi connectivity index (χ1) is 11.8. The minimum atomic E-state index is 0.0819. The highest BCUT2D eigenvalue weighted by Gasteiger charge is 2.33. The molecular weight excluding hydrogens is 302 g/mol. The van der Waals surface area contributed by atoms with Gasteiger partial charge >= 0.3 is 0 Å². The number of nitrogens with zero attached hydrogens (tertiary/aromatic N) is 2. The monoisotopic (exact) mass is 325 g/mol. The van der Waals surface area contributed by atoms with Crippen LogP contribution in [0.2, 0.25) is 0 Å². The fraction of sp³-hybridized carbons (Fsp3) is 0.474. The average Bonchev–Trinajstić information content (AvgIpc) is 3.05. The van der Waals surface area contributed by atoms with Crippen molar-refractivity contribution < 1.29 is 9.53 Å². The van der Waals surface area contributed by atoms with Gasteiger partial charge < -0.3 is 10.1 Å². The second-order valence-electron chi connectivity index (χ2n) is 6.83. The maximum atomic E-state index is 12.4. The van der Waals surface area contributed by atoms with E-state index in [0.717, 1.165) is 32.2 Å². The summed E-state index contributed by atoms with van der Waals surface area (Å²) in [4.78, 5) is 12.4. The summed E-state index contributed by atoms with van der Waals surface area (Å²) in [6, 6.07) is 12.5. The highest BCUT2D eigenvalue weighted by molar-refractivity contribution is 5.79. The number of ether oxygens (including phenoxy) is 1. The minimum absolute atomic E-state index is 0.0819. The van der Waals surface area contributed by atoms with Gasteiger partial charge in [0.05, 0.1) is 12.7 Å². The van der Waals surface area contributed by atoms with E-state index in [4.69, 9.17) is 4.74 Å². The van der Waals surface area contributed by atoms with Crippen LogP contribution in [-0.2, 0) is 29.1 Å². The lowest BCUT2D eigenvalue weighted by Gasteiger charge is -2.36. The van der Waals surface area contributed by atoms with E-state index in [0.29, 0.717) is 6.61 Å². The molecule has 1 fully saturated rings. The molecule has 5 nitrogen and oxygen atoms in total. The molecule has 1 aromatic heterocycles. The largest absolute Gasteiger partial charge is 0.373 e. The summed E-state index contributed by atoms with van der Waals surface area (Å²) in [6.07, 6.45) is 5.60. The van der Waals surface area contributed by atoms with Gasteiger partial charge in [0.2, 0.25) is 5.91 Å². The molecule has 0 saturated heterocycles. The van der Waals surface area contributed by atoms with Gasteiger partial charge in [0.1, 0.15) is 0 Å². The summed E-state index contributed by atoms with van der Waals surface area (Å²) < 4.78 is 7.90. The van der Waals surface area contributed by atoms with Crippen LogP contribution in [0.25, 0.3) is 0 Å². The molecule has 2 heterocycles. The topological polar surface area (TPSA) is 56.1 Å². The molecule has 1 amide bonds. The van der Waals surface area contributed by atoms with Crippen molar-refractivity contribution in [2.75, 3.05) is 0 Å². The number of nitrogens with one attached hydrogen (secondary N) is 1. The number of hydrogen-bond acceptors (Lipinski definition) is 3. The van der Waals surface area contributed by atoms with Crippen LogP contribution in [0, 0.1) is 5.92 Å². The maximum absolute atomic E-state index is 12.4. The van der Waals surface area contributed by atoms with Gasteiger partial charge in [-0.05, 0) is 30.9 Å². The maximum Gasteiger partial charge on any atom is 0.223 e. The Morgan fingerprint density at radius 1 is 1.25 bits per heavy atom. The van der Waals surface area contributed by atoms with Crippen LogP contribution < -0.4 is 5.32 Å². The summed E-state index contributed by atoms with van der Waals surface area (Å²) in [7, 11) is 0. The first-order valence-corrected chi connectivity index (χ1v) is 8.74. The van der Waals surface area contributed by atoms with Gasteiger partial charge in [-0.3, -0.25) is 9.48 Å². The number of rotatable bonds is 5. The third-order valence-corrected chi connectivity index (χ3v) is 5.09. The highest BCUT2D eigenvalue weighted by atomic mass is 16.5. The molecule has 1 saturated carbocycles. The predicted octanol–water partition coefficient (Wildman–Crippen LogP) is 2.31. The average molecular weight is 325 g/mol. The summed E-state index contributed by atoms with van der Waals surface area (Å²) in [5, 5.41) is 7.45. The predicted molar refractivity (Wildman–Crippen MR) is 90.2 cm³/mol. The fourth-order valence-corrected chi connectivity index (χ4v) is 3.52. The molecule has 1 aliphatic carbocycles. The van der Waals surface area contributed by atoms with Crippen molar-refractivity contribution in [1.82, 2.24) is 15.1 Å². The van der Waals surface area contributed by atoms with Gasteiger partial charge in [-0.15, -0.1) is 0 Å². The summed E-state index contributed by atoms with van der Waals surface area (Å²) in [5.41, 5.74) is 2.36. The van der Waals surface area contributed by atoms with Crippen molar-refractivity contribution in [3.05, 3.63) is 53.9 Å². The molecule has 1 aliphatic heterocycles. The Bertz CT molecular complexity index is 692. The zero-order valence-electron chi connectivity index (χ0n) is 13.7. The molecule has 1 unspecified atom stereocenters. The number of fused-ring (bicyclic) bond motifs is 1. The Morgan fingerprint density at radius 3 is 2.92 bits per heavy atom. The van der Waals surface area contributed by atoms with Gasteiger partial charge in [0, 0.05) is 36.8 Å². The molecule has 5 heteroatoms. The Kier molecular flexibility index (Phi) is 4.34. The van der Waals surface area contributed by atoms with Crippen molar-refractivity contribution in [2.24, 2.45) is 5.92 Å². The number of benzene rings is 1. The first-order valence-electron chi connectivity index (χ1n) is 8.74. The number of aryl methyl sites for hydroxylation is 1. The molecule has 1 atom stereocenters. The van der Waals surface area contributed by atoms with Gasteiger partial charge in [0.25, 0.3) is 0 Å². The number of carbonyl (C=O) groups is 1. The van der Waals surface area contributed by atoms with E-state index in [9.17, 15) is 4.79 Å². The molecule has 24 heavy (non-hydrogen) atoms. The van der Waals surface area contributed by atoms with E-state index < -0.39 is 0 Å². The van der Waals surface area contributed by atoms with Crippen LogP contribution in [0.3, 0.4) is 0 Å². The third-order valence-electron chi connectivity index (χ3n) is 5.09. The number of carbonyl (C=O) groups excluding carboxylic acids is 1. The Morgan fingerprint density at radius 2 is 2.08 bits per heavy atom. The van der Waals surface area contributed by atoms with Crippen LogP contribution in [0.1, 0.15) is 30.5 Å². The Labute approximate surface area is 142 Å². The molecule has 1 N–H and O–H groups in total. The summed E-state index contributed by atoms with van der Waals surface area (Å²) in [6.45, 7) is 1.49. The number of hydrogen-bond donors (Lipinski definition) is 1. The highest BCUT2D eigenvalue weighted by Crippen LogP contribution is 2.26. The van der Waals surface area contributed by atoms with Crippen LogP contribution in [-0.4, -0.2) is 27.8 Å². The lowest BCUT2D eigenvalue weighted by atomic mass is 9.87. The van der Waals surface area contributed by atoms with E-state index in [-0.39, 0.29) is 24.0 Å². The zero-order valence-corrected chi connectivity index (χ0v) is 13.7. The number of aromatic nitrogens is 2. The van der Waals surface area contributed by atoms with Crippen molar-refractivity contribution in [2.45, 2.75) is 51.0 Å². The number of amides is 1. The molecule has 1 aromatic carbocycles. The van der Waals surface area contributed by atoms with Crippen LogP contribution in [0.15, 0.2) is 42.6 Å². The Balaban J connectivity index is 1.19. The van der Waals surface area contributed by atoms with E-state index >= 15 is 0 Å². The molecular formula is C19H23N3O2. The van der Waals surface area contributed by atoms with Crippen LogP contribution in [0.5, 0.6) is 0 Å². The van der Waals surface area contributed by atoms with E-state index in [1.165, 1.54) is 11.3 Å². The van der Waals surface area contributed by atoms with Crippen molar-refractivity contribution in [1.29, 1.82) is 0 Å². The lowest BCUT2D eigenvalue weighted by molar-refractivity contribution is -0.128. The third kappa shape index (κ3) is 3.36. The molecule has 2 aromatic rings. The molecule has 126 valence electrons. The summed E-state index contributed by atoms with van der Waals surface area (Å²) >= 11 is 0. The van der Waals surface area contributed by atoms with Crippen LogP contribution in [0.4, 0.5) is 0 Å². The lowest BCUT2D eigenvalue weighted by Crippen LogP contribution is -2.50. The first kappa shape index (κ1) is 15.4. The van der Waals surface area contributed by atoms with Gasteiger partial charge in [-0.25, -0.2) is 0 Å². The smallest absolute Gasteiger partial charge is 0.223 e. The van der Waals surface area contributed by atoms with Crippen molar-refractivity contribution in [3.63, 3.8) is 0 Å². The quantitative estimate of drug-likeness (QED) is 0.918. The molecule has 0 bridgehead atoms. The van der Waals surface area contributed by atoms with Crippen molar-refractivity contribution in [3.8, 4) is 0 Å². The fourth-order valence-electron chi connectivity index (χ4n) is 3.52. The second-order valence-corrected chi connectivity index (χ2v) is 6.83. The summed E-state index contributed by atoms with van der Waals surface area (Å²) in [5.74, 6) is 0.271. The molecule has 0 spiro atoms. The van der Waals surface area contributed by atoms with Crippen molar-refractivity contribution >= 4 is 5.91 Å². The normalized spacial score (nSPS) is 25.6. The Hall–Kier alpha value is -2.14. The van der Waals surface area contributed by atoms with Gasteiger partial charge in [0.15, 0.2) is 0 Å². The molecule has 2 aliphatic rings. The zero-order chi connectivity index (χ0) is 16.4. The van der Waals surface area contributed by atoms with Gasteiger partial charge in [-0.2, -0.15) is 5.10 Å². The van der Waals surface area contributed by atoms with E-state index in [2.05, 4.69) is 22.5 Å². The van der Waals surface area contributed by atoms with Crippen LogP contribution >= 0.6 is 0 Å². The van der Waals surface area contributed by atoms with E-state index in [1.54, 1.807) is 0 Å². The van der Waals surface area contributed by atoms with E-state index in [1.807, 2.05) is 35.1 Å². The minimum Gasteiger partial charge on any atom is -0.373 e. The van der Waals surface area contributed by atoms with Gasteiger partial charge in [-0.1, -0.05) is 30.3 Å². The SMILES string of the molecule is O=C(NC1CC(OCc2ccccc2)C1)C1CCn2nccc2C1. The standard InChI is InChI=1S/C19H23N3O2/c23-19(15-7-9-22-17(10-15)6-8-20-22)21-16-11-18(12-16)24-13-14-4-2-1-3-5-14/h1-6,8,15-16,18H,7,9-13H2,(H,21,23). The molecule has 4 rings (SSSR count).